The Balaban J connectivity index is 1.82. The molecule has 1 aliphatic carbocycles. The predicted molar refractivity (Wildman–Crippen MR) is 78.6 cm³/mol. The zero-order valence-corrected chi connectivity index (χ0v) is 12.8. The van der Waals surface area contributed by atoms with Gasteiger partial charge in [0, 0.05) is 6.61 Å². The molecule has 1 aliphatic rings. The lowest BCUT2D eigenvalue weighted by Gasteiger charge is -2.28. The normalized spacial score (nSPS) is 21.4. The molecule has 0 bridgehead atoms. The predicted octanol–water partition coefficient (Wildman–Crippen LogP) is 4.20. The highest BCUT2D eigenvalue weighted by molar-refractivity contribution is 5.37. The van der Waals surface area contributed by atoms with E-state index in [9.17, 15) is 8.78 Å². The van der Waals surface area contributed by atoms with Crippen LogP contribution in [0.1, 0.15) is 44.6 Å². The Morgan fingerprint density at radius 3 is 2.55 bits per heavy atom. The van der Waals surface area contributed by atoms with Crippen molar-refractivity contribution in [3.8, 4) is 11.8 Å². The maximum atomic E-state index is 13.7. The lowest BCUT2D eigenvalue weighted by molar-refractivity contribution is 0.0130. The van der Waals surface area contributed by atoms with E-state index in [2.05, 4.69) is 6.92 Å². The van der Waals surface area contributed by atoms with Gasteiger partial charge in [-0.1, -0.05) is 6.92 Å². The molecule has 0 heterocycles. The van der Waals surface area contributed by atoms with E-state index >= 15 is 0 Å². The van der Waals surface area contributed by atoms with E-state index in [0.717, 1.165) is 38.7 Å². The summed E-state index contributed by atoms with van der Waals surface area (Å²) in [5.41, 5.74) is -0.307. The summed E-state index contributed by atoms with van der Waals surface area (Å²) in [5, 5.41) is 8.64. The Kier molecular flexibility index (Phi) is 6.14. The summed E-state index contributed by atoms with van der Waals surface area (Å²) in [6.07, 6.45) is 5.24. The van der Waals surface area contributed by atoms with Crippen molar-refractivity contribution < 1.29 is 18.3 Å². The average molecular weight is 309 g/mol. The highest BCUT2D eigenvalue weighted by Crippen LogP contribution is 2.28. The molecule has 0 saturated heterocycles. The number of ether oxygens (including phenoxy) is 2. The molecule has 3 nitrogen and oxygen atoms in total. The molecule has 0 aromatic heterocycles. The second-order valence-electron chi connectivity index (χ2n) is 5.68. The van der Waals surface area contributed by atoms with Crippen molar-refractivity contribution in [1.82, 2.24) is 0 Å². The molecule has 5 heteroatoms. The first kappa shape index (κ1) is 16.7. The van der Waals surface area contributed by atoms with Gasteiger partial charge in [0.05, 0.1) is 18.3 Å². The third-order valence-electron chi connectivity index (χ3n) is 3.99. The van der Waals surface area contributed by atoms with Gasteiger partial charge in [-0.25, -0.2) is 4.39 Å². The Bertz CT molecular complexity index is 534. The van der Waals surface area contributed by atoms with Crippen molar-refractivity contribution in [2.24, 2.45) is 5.92 Å². The van der Waals surface area contributed by atoms with Crippen molar-refractivity contribution >= 4 is 0 Å². The lowest BCUT2D eigenvalue weighted by Crippen LogP contribution is -2.25. The molecular formula is C17H21F2NO2. The summed E-state index contributed by atoms with van der Waals surface area (Å²) in [4.78, 5) is 0. The summed E-state index contributed by atoms with van der Waals surface area (Å²) in [5.74, 6) is -2.02. The first-order chi connectivity index (χ1) is 10.7. The van der Waals surface area contributed by atoms with Crippen LogP contribution in [0.4, 0.5) is 8.78 Å². The number of rotatable bonds is 6. The van der Waals surface area contributed by atoms with E-state index in [1.165, 1.54) is 12.1 Å². The average Bonchev–Trinajstić information content (AvgIpc) is 2.55. The number of hydrogen-bond acceptors (Lipinski definition) is 3. The topological polar surface area (TPSA) is 42.2 Å². The van der Waals surface area contributed by atoms with Crippen molar-refractivity contribution in [1.29, 1.82) is 5.26 Å². The zero-order valence-electron chi connectivity index (χ0n) is 12.8. The number of halogens is 2. The molecule has 0 spiro atoms. The molecule has 1 aromatic rings. The number of benzene rings is 1. The summed E-state index contributed by atoms with van der Waals surface area (Å²) in [6.45, 7) is 3.25. The molecule has 0 amide bonds. The minimum atomic E-state index is -1.14. The lowest BCUT2D eigenvalue weighted by atomic mass is 9.88. The Labute approximate surface area is 129 Å². The van der Waals surface area contributed by atoms with Crippen LogP contribution in [0.5, 0.6) is 5.75 Å². The van der Waals surface area contributed by atoms with Gasteiger partial charge in [0.1, 0.15) is 6.07 Å². The molecule has 0 radical (unpaired) electrons. The highest BCUT2D eigenvalue weighted by atomic mass is 19.2. The van der Waals surface area contributed by atoms with Crippen molar-refractivity contribution in [3.05, 3.63) is 29.3 Å². The second-order valence-corrected chi connectivity index (χ2v) is 5.68. The number of hydrogen-bond donors (Lipinski definition) is 0. The van der Waals surface area contributed by atoms with Crippen LogP contribution in [0.2, 0.25) is 0 Å². The van der Waals surface area contributed by atoms with Crippen molar-refractivity contribution in [3.63, 3.8) is 0 Å². The SMILES string of the molecule is CCCO[C@H]1CC[C@H](COc2ccc(C#N)c(F)c2F)CC1. The minimum absolute atomic E-state index is 0.124. The van der Waals surface area contributed by atoms with E-state index in [0.29, 0.717) is 18.6 Å². The van der Waals surface area contributed by atoms with Gasteiger partial charge in [0.15, 0.2) is 11.6 Å². The molecule has 0 unspecified atom stereocenters. The second kappa shape index (κ2) is 8.09. The third-order valence-corrected chi connectivity index (χ3v) is 3.99. The number of nitrogens with zero attached hydrogens (tertiary/aromatic N) is 1. The summed E-state index contributed by atoms with van der Waals surface area (Å²) in [7, 11) is 0. The van der Waals surface area contributed by atoms with Crippen molar-refractivity contribution in [2.45, 2.75) is 45.1 Å². The highest BCUT2D eigenvalue weighted by Gasteiger charge is 2.23. The maximum Gasteiger partial charge on any atom is 0.201 e. The van der Waals surface area contributed by atoms with E-state index in [4.69, 9.17) is 14.7 Å². The van der Waals surface area contributed by atoms with Crippen LogP contribution in [-0.2, 0) is 4.74 Å². The molecule has 1 fully saturated rings. The van der Waals surface area contributed by atoms with Crippen LogP contribution in [0.3, 0.4) is 0 Å². The summed E-state index contributed by atoms with van der Waals surface area (Å²) >= 11 is 0. The van der Waals surface area contributed by atoms with Crippen molar-refractivity contribution in [2.75, 3.05) is 13.2 Å². The van der Waals surface area contributed by atoms with Gasteiger partial charge in [0.2, 0.25) is 5.82 Å². The van der Waals surface area contributed by atoms with Gasteiger partial charge in [-0.05, 0) is 50.2 Å². The van der Waals surface area contributed by atoms with Crippen LogP contribution in [0, 0.1) is 28.9 Å². The zero-order chi connectivity index (χ0) is 15.9. The largest absolute Gasteiger partial charge is 0.490 e. The van der Waals surface area contributed by atoms with Gasteiger partial charge in [-0.15, -0.1) is 0 Å². The fraction of sp³-hybridized carbons (Fsp3) is 0.588. The van der Waals surface area contributed by atoms with E-state index in [-0.39, 0.29) is 11.3 Å². The van der Waals surface area contributed by atoms with Gasteiger partial charge in [-0.3, -0.25) is 0 Å². The first-order valence-corrected chi connectivity index (χ1v) is 7.78. The molecule has 2 rings (SSSR count). The molecular weight excluding hydrogens is 288 g/mol. The van der Waals surface area contributed by atoms with E-state index < -0.39 is 11.6 Å². The fourth-order valence-corrected chi connectivity index (χ4v) is 2.69. The first-order valence-electron chi connectivity index (χ1n) is 7.78. The fourth-order valence-electron chi connectivity index (χ4n) is 2.69. The number of nitriles is 1. The molecule has 0 N–H and O–H groups in total. The van der Waals surface area contributed by atoms with Crippen LogP contribution in [0.15, 0.2) is 12.1 Å². The van der Waals surface area contributed by atoms with Crippen LogP contribution in [0.25, 0.3) is 0 Å². The Hall–Kier alpha value is -1.67. The molecule has 22 heavy (non-hydrogen) atoms. The quantitative estimate of drug-likeness (QED) is 0.791. The van der Waals surface area contributed by atoms with Gasteiger partial charge >= 0.3 is 0 Å². The van der Waals surface area contributed by atoms with E-state index in [1.807, 2.05) is 0 Å². The molecule has 120 valence electrons. The monoisotopic (exact) mass is 309 g/mol. The van der Waals surface area contributed by atoms with Gasteiger partial charge < -0.3 is 9.47 Å². The summed E-state index contributed by atoms with van der Waals surface area (Å²) in [6, 6.07) is 4.16. The molecule has 0 atom stereocenters. The van der Waals surface area contributed by atoms with Gasteiger partial charge in [-0.2, -0.15) is 9.65 Å². The smallest absolute Gasteiger partial charge is 0.201 e. The maximum absolute atomic E-state index is 13.7. The Morgan fingerprint density at radius 2 is 1.91 bits per heavy atom. The van der Waals surface area contributed by atoms with Crippen LogP contribution >= 0.6 is 0 Å². The van der Waals surface area contributed by atoms with Crippen LogP contribution in [-0.4, -0.2) is 19.3 Å². The molecule has 0 aliphatic heterocycles. The molecule has 1 aromatic carbocycles. The van der Waals surface area contributed by atoms with Crippen LogP contribution < -0.4 is 4.74 Å². The Morgan fingerprint density at radius 1 is 1.18 bits per heavy atom. The van der Waals surface area contributed by atoms with E-state index in [1.54, 1.807) is 6.07 Å². The standard InChI is InChI=1S/C17H21F2NO2/c1-2-9-21-14-6-3-12(4-7-14)11-22-15-8-5-13(10-20)16(18)17(15)19/h5,8,12,14H,2-4,6-7,9,11H2,1H3/t12-,14-. The third kappa shape index (κ3) is 4.17. The minimum Gasteiger partial charge on any atom is -0.490 e. The molecule has 1 saturated carbocycles. The summed E-state index contributed by atoms with van der Waals surface area (Å²) < 4.78 is 38.4. The van der Waals surface area contributed by atoms with Gasteiger partial charge in [0.25, 0.3) is 0 Å².